The van der Waals surface area contributed by atoms with Crippen molar-refractivity contribution in [3.05, 3.63) is 53.3 Å². The van der Waals surface area contributed by atoms with Crippen molar-refractivity contribution in [3.63, 3.8) is 0 Å². The molecule has 1 aromatic carbocycles. The zero-order chi connectivity index (χ0) is 16.4. The number of nitrogens with zero attached hydrogens (tertiary/aromatic N) is 3. The van der Waals surface area contributed by atoms with Crippen molar-refractivity contribution >= 4 is 5.91 Å². The molecule has 0 aliphatic carbocycles. The summed E-state index contributed by atoms with van der Waals surface area (Å²) in [6.45, 7) is 4.99. The number of amides is 1. The third-order valence-electron chi connectivity index (χ3n) is 4.91. The Morgan fingerprint density at radius 2 is 2.09 bits per heavy atom. The number of likely N-dealkylation sites (tertiary alicyclic amines) is 1. The van der Waals surface area contributed by atoms with E-state index in [1.807, 2.05) is 26.1 Å². The van der Waals surface area contributed by atoms with Gasteiger partial charge < -0.3 is 4.90 Å². The van der Waals surface area contributed by atoms with Crippen molar-refractivity contribution in [1.82, 2.24) is 14.7 Å². The molecule has 2 atom stereocenters. The molecule has 0 saturated carbocycles. The fourth-order valence-electron chi connectivity index (χ4n) is 3.85. The summed E-state index contributed by atoms with van der Waals surface area (Å²) in [5, 5.41) is 4.32. The van der Waals surface area contributed by atoms with Gasteiger partial charge in [-0.25, -0.2) is 0 Å². The van der Waals surface area contributed by atoms with Crippen LogP contribution in [0.15, 0.2) is 36.4 Å². The minimum atomic E-state index is 0.116. The molecule has 0 spiro atoms. The highest BCUT2D eigenvalue weighted by Crippen LogP contribution is 2.34. The lowest BCUT2D eigenvalue weighted by atomic mass is 9.87. The summed E-state index contributed by atoms with van der Waals surface area (Å²) >= 11 is 0. The first-order valence-corrected chi connectivity index (χ1v) is 8.48. The molecule has 1 aliphatic heterocycles. The van der Waals surface area contributed by atoms with Crippen LogP contribution in [0.3, 0.4) is 0 Å². The molecule has 1 fully saturated rings. The van der Waals surface area contributed by atoms with Crippen LogP contribution in [0.4, 0.5) is 0 Å². The van der Waals surface area contributed by atoms with Gasteiger partial charge in [0, 0.05) is 25.6 Å². The Bertz CT molecular complexity index is 677. The zero-order valence-electron chi connectivity index (χ0n) is 14.2. The van der Waals surface area contributed by atoms with E-state index >= 15 is 0 Å². The van der Waals surface area contributed by atoms with Gasteiger partial charge in [-0.05, 0) is 37.8 Å². The molecular formula is C19H25N3O. The molecule has 122 valence electrons. The van der Waals surface area contributed by atoms with Gasteiger partial charge in [-0.15, -0.1) is 0 Å². The predicted molar refractivity (Wildman–Crippen MR) is 91.5 cm³/mol. The van der Waals surface area contributed by atoms with Gasteiger partial charge in [-0.2, -0.15) is 5.10 Å². The number of hydrogen-bond acceptors (Lipinski definition) is 2. The van der Waals surface area contributed by atoms with Crippen molar-refractivity contribution in [2.75, 3.05) is 6.54 Å². The maximum atomic E-state index is 13.0. The summed E-state index contributed by atoms with van der Waals surface area (Å²) in [6, 6.07) is 12.8. The molecule has 0 radical (unpaired) electrons. The number of benzene rings is 1. The minimum Gasteiger partial charge on any atom is -0.334 e. The van der Waals surface area contributed by atoms with E-state index < -0.39 is 0 Å². The van der Waals surface area contributed by atoms with Crippen LogP contribution in [-0.2, 0) is 7.05 Å². The first-order valence-electron chi connectivity index (χ1n) is 8.48. The van der Waals surface area contributed by atoms with E-state index in [4.69, 9.17) is 0 Å². The lowest BCUT2D eigenvalue weighted by molar-refractivity contribution is 0.0703. The highest BCUT2D eigenvalue weighted by Gasteiger charge is 2.35. The predicted octanol–water partition coefficient (Wildman–Crippen LogP) is 3.53. The maximum Gasteiger partial charge on any atom is 0.272 e. The van der Waals surface area contributed by atoms with E-state index in [0.717, 1.165) is 31.5 Å². The summed E-state index contributed by atoms with van der Waals surface area (Å²) < 4.78 is 1.70. The molecule has 1 amide bonds. The van der Waals surface area contributed by atoms with Gasteiger partial charge >= 0.3 is 0 Å². The summed E-state index contributed by atoms with van der Waals surface area (Å²) in [5.41, 5.74) is 2.92. The van der Waals surface area contributed by atoms with Gasteiger partial charge in [0.15, 0.2) is 0 Å². The molecule has 0 N–H and O–H groups in total. The number of carbonyl (C=O) groups excluding carboxylic acids is 1. The first-order chi connectivity index (χ1) is 11.1. The molecule has 23 heavy (non-hydrogen) atoms. The largest absolute Gasteiger partial charge is 0.334 e. The number of aromatic nitrogens is 2. The summed E-state index contributed by atoms with van der Waals surface area (Å²) in [5.74, 6) is 0.516. The topological polar surface area (TPSA) is 38.1 Å². The maximum absolute atomic E-state index is 13.0. The average Bonchev–Trinajstić information content (AvgIpc) is 3.15. The number of carbonyl (C=O) groups is 1. The second kappa shape index (κ2) is 6.57. The summed E-state index contributed by atoms with van der Waals surface area (Å²) in [4.78, 5) is 15.1. The molecule has 2 heterocycles. The van der Waals surface area contributed by atoms with E-state index in [9.17, 15) is 4.79 Å². The average molecular weight is 311 g/mol. The molecular weight excluding hydrogens is 286 g/mol. The van der Waals surface area contributed by atoms with Gasteiger partial charge in [0.1, 0.15) is 5.69 Å². The van der Waals surface area contributed by atoms with Crippen LogP contribution in [0.2, 0.25) is 0 Å². The first kappa shape index (κ1) is 15.8. The Balaban J connectivity index is 1.87. The van der Waals surface area contributed by atoms with Crippen molar-refractivity contribution in [2.24, 2.45) is 7.05 Å². The Morgan fingerprint density at radius 1 is 1.35 bits per heavy atom. The molecule has 1 saturated heterocycles. The smallest absolute Gasteiger partial charge is 0.272 e. The number of aryl methyl sites for hydroxylation is 2. The fourth-order valence-corrected chi connectivity index (χ4v) is 3.85. The van der Waals surface area contributed by atoms with Crippen LogP contribution in [0, 0.1) is 6.92 Å². The standard InChI is InChI=1S/C19H25N3O/c1-4-16(15-9-6-5-7-10-15)17-11-8-12-22(17)19(23)18-13-14(2)20-21(18)3/h5-7,9-10,13,16-17H,4,8,11-12H2,1-3H3. The zero-order valence-corrected chi connectivity index (χ0v) is 14.2. The molecule has 0 bridgehead atoms. The summed E-state index contributed by atoms with van der Waals surface area (Å²) in [6.07, 6.45) is 3.20. The highest BCUT2D eigenvalue weighted by molar-refractivity contribution is 5.93. The molecule has 4 nitrogen and oxygen atoms in total. The molecule has 2 aromatic rings. The molecule has 2 unspecified atom stereocenters. The third-order valence-corrected chi connectivity index (χ3v) is 4.91. The quantitative estimate of drug-likeness (QED) is 0.866. The fraction of sp³-hybridized carbons (Fsp3) is 0.474. The van der Waals surface area contributed by atoms with Crippen molar-refractivity contribution in [1.29, 1.82) is 0 Å². The van der Waals surface area contributed by atoms with Crippen LogP contribution < -0.4 is 0 Å². The third kappa shape index (κ3) is 3.03. The van der Waals surface area contributed by atoms with E-state index in [1.54, 1.807) is 4.68 Å². The SMILES string of the molecule is CCC(c1ccccc1)C1CCCN1C(=O)c1cc(C)nn1C. The number of rotatable bonds is 4. The molecule has 1 aromatic heterocycles. The second-order valence-electron chi connectivity index (χ2n) is 6.43. The van der Waals surface area contributed by atoms with Gasteiger partial charge in [-0.1, -0.05) is 37.3 Å². The van der Waals surface area contributed by atoms with Gasteiger partial charge in [-0.3, -0.25) is 9.48 Å². The van der Waals surface area contributed by atoms with E-state index in [2.05, 4.69) is 41.2 Å². The van der Waals surface area contributed by atoms with E-state index in [0.29, 0.717) is 11.6 Å². The Morgan fingerprint density at radius 3 is 2.70 bits per heavy atom. The Kier molecular flexibility index (Phi) is 4.51. The van der Waals surface area contributed by atoms with Crippen molar-refractivity contribution < 1.29 is 4.79 Å². The van der Waals surface area contributed by atoms with Gasteiger partial charge in [0.05, 0.1) is 5.69 Å². The highest BCUT2D eigenvalue weighted by atomic mass is 16.2. The molecule has 4 heteroatoms. The Hall–Kier alpha value is -2.10. The van der Waals surface area contributed by atoms with Crippen LogP contribution in [0.1, 0.15) is 53.8 Å². The monoisotopic (exact) mass is 311 g/mol. The second-order valence-corrected chi connectivity index (χ2v) is 6.43. The van der Waals surface area contributed by atoms with Crippen molar-refractivity contribution in [2.45, 2.75) is 45.1 Å². The van der Waals surface area contributed by atoms with E-state index in [1.165, 1.54) is 5.56 Å². The van der Waals surface area contributed by atoms with Crippen LogP contribution >= 0.6 is 0 Å². The molecule has 1 aliphatic rings. The summed E-state index contributed by atoms with van der Waals surface area (Å²) in [7, 11) is 1.85. The lowest BCUT2D eigenvalue weighted by Gasteiger charge is -2.31. The van der Waals surface area contributed by atoms with Crippen LogP contribution in [0.5, 0.6) is 0 Å². The van der Waals surface area contributed by atoms with Crippen LogP contribution in [-0.4, -0.2) is 33.2 Å². The van der Waals surface area contributed by atoms with Gasteiger partial charge in [0.25, 0.3) is 5.91 Å². The molecule has 3 rings (SSSR count). The minimum absolute atomic E-state index is 0.116. The normalized spacial score (nSPS) is 19.1. The Labute approximate surface area is 138 Å². The lowest BCUT2D eigenvalue weighted by Crippen LogP contribution is -2.40. The van der Waals surface area contributed by atoms with Crippen LogP contribution in [0.25, 0.3) is 0 Å². The van der Waals surface area contributed by atoms with Gasteiger partial charge in [0.2, 0.25) is 0 Å². The van der Waals surface area contributed by atoms with E-state index in [-0.39, 0.29) is 11.9 Å². The van der Waals surface area contributed by atoms with Crippen molar-refractivity contribution in [3.8, 4) is 0 Å². The number of hydrogen-bond donors (Lipinski definition) is 0.